The van der Waals surface area contributed by atoms with E-state index < -0.39 is 0 Å². The standard InChI is InChI=1S/C17H36N2O/c1-5-10-18-17-8-7-15(6-2)12-16(17)13-19(4)11-9-14(3)20/h14-18,20H,5-13H2,1-4H3. The summed E-state index contributed by atoms with van der Waals surface area (Å²) in [6, 6.07) is 0.701. The zero-order valence-corrected chi connectivity index (χ0v) is 14.1. The summed E-state index contributed by atoms with van der Waals surface area (Å²) in [5, 5.41) is 13.2. The van der Waals surface area contributed by atoms with Crippen LogP contribution < -0.4 is 5.32 Å². The fourth-order valence-electron chi connectivity index (χ4n) is 3.43. The van der Waals surface area contributed by atoms with Gasteiger partial charge >= 0.3 is 0 Å². The lowest BCUT2D eigenvalue weighted by Gasteiger charge is -2.38. The molecule has 4 atom stereocenters. The Morgan fingerprint density at radius 1 is 1.30 bits per heavy atom. The second-order valence-corrected chi connectivity index (χ2v) is 6.81. The van der Waals surface area contributed by atoms with E-state index in [1.54, 1.807) is 0 Å². The van der Waals surface area contributed by atoms with Gasteiger partial charge in [-0.3, -0.25) is 0 Å². The van der Waals surface area contributed by atoms with Crippen LogP contribution in [0.15, 0.2) is 0 Å². The van der Waals surface area contributed by atoms with E-state index in [4.69, 9.17) is 0 Å². The first-order valence-electron chi connectivity index (χ1n) is 8.66. The van der Waals surface area contributed by atoms with Crippen molar-refractivity contribution in [3.63, 3.8) is 0 Å². The molecule has 2 N–H and O–H groups in total. The first-order valence-corrected chi connectivity index (χ1v) is 8.66. The predicted octanol–water partition coefficient (Wildman–Crippen LogP) is 2.88. The zero-order chi connectivity index (χ0) is 15.0. The maximum absolute atomic E-state index is 9.42. The van der Waals surface area contributed by atoms with Crippen LogP contribution in [0.5, 0.6) is 0 Å². The van der Waals surface area contributed by atoms with Crippen LogP contribution in [-0.4, -0.2) is 48.8 Å². The Morgan fingerprint density at radius 2 is 2.05 bits per heavy atom. The van der Waals surface area contributed by atoms with Crippen molar-refractivity contribution in [1.82, 2.24) is 10.2 Å². The second kappa shape index (κ2) is 9.75. The Hall–Kier alpha value is -0.120. The summed E-state index contributed by atoms with van der Waals surface area (Å²) in [5.74, 6) is 1.70. The van der Waals surface area contributed by atoms with Gasteiger partial charge in [-0.25, -0.2) is 0 Å². The van der Waals surface area contributed by atoms with Gasteiger partial charge in [0.25, 0.3) is 0 Å². The smallest absolute Gasteiger partial charge is 0.0524 e. The summed E-state index contributed by atoms with van der Waals surface area (Å²) in [6.07, 6.45) is 7.36. The van der Waals surface area contributed by atoms with Gasteiger partial charge in [0.15, 0.2) is 0 Å². The molecule has 1 aliphatic carbocycles. The van der Waals surface area contributed by atoms with E-state index in [0.29, 0.717) is 6.04 Å². The molecule has 0 bridgehead atoms. The van der Waals surface area contributed by atoms with Crippen LogP contribution in [-0.2, 0) is 0 Å². The predicted molar refractivity (Wildman–Crippen MR) is 87.0 cm³/mol. The Kier molecular flexibility index (Phi) is 8.74. The van der Waals surface area contributed by atoms with Crippen LogP contribution in [0.4, 0.5) is 0 Å². The molecule has 0 aromatic heterocycles. The summed E-state index contributed by atoms with van der Waals surface area (Å²) in [5.41, 5.74) is 0. The van der Waals surface area contributed by atoms with Crippen molar-refractivity contribution in [2.75, 3.05) is 26.7 Å². The molecule has 20 heavy (non-hydrogen) atoms. The number of nitrogens with one attached hydrogen (secondary N) is 1. The molecular weight excluding hydrogens is 248 g/mol. The molecule has 120 valence electrons. The van der Waals surface area contributed by atoms with Gasteiger partial charge in [-0.2, -0.15) is 0 Å². The number of aliphatic hydroxyl groups is 1. The van der Waals surface area contributed by atoms with Crippen molar-refractivity contribution in [1.29, 1.82) is 0 Å². The number of hydrogen-bond donors (Lipinski definition) is 2. The monoisotopic (exact) mass is 284 g/mol. The minimum absolute atomic E-state index is 0.179. The minimum Gasteiger partial charge on any atom is -0.393 e. The Labute approximate surface area is 126 Å². The molecule has 3 heteroatoms. The first kappa shape index (κ1) is 17.9. The van der Waals surface area contributed by atoms with Crippen LogP contribution in [0.1, 0.15) is 59.3 Å². The molecular formula is C17H36N2O. The van der Waals surface area contributed by atoms with Crippen molar-refractivity contribution < 1.29 is 5.11 Å². The first-order chi connectivity index (χ1) is 9.56. The largest absolute Gasteiger partial charge is 0.393 e. The van der Waals surface area contributed by atoms with Crippen molar-refractivity contribution in [3.8, 4) is 0 Å². The Bertz CT molecular complexity index is 245. The SMILES string of the molecule is CCCNC1CCC(CC)CC1CN(C)CCC(C)O. The van der Waals surface area contributed by atoms with E-state index in [9.17, 15) is 5.11 Å². The third kappa shape index (κ3) is 6.55. The van der Waals surface area contributed by atoms with Gasteiger partial charge in [0, 0.05) is 19.1 Å². The molecule has 1 fully saturated rings. The van der Waals surface area contributed by atoms with Crippen LogP contribution >= 0.6 is 0 Å². The molecule has 0 amide bonds. The average Bonchev–Trinajstić information content (AvgIpc) is 2.43. The van der Waals surface area contributed by atoms with Gasteiger partial charge in [0.05, 0.1) is 6.10 Å². The number of nitrogens with zero attached hydrogens (tertiary/aromatic N) is 1. The fraction of sp³-hybridized carbons (Fsp3) is 1.00. The molecule has 0 aromatic carbocycles. The molecule has 0 aromatic rings. The molecule has 0 saturated heterocycles. The summed E-state index contributed by atoms with van der Waals surface area (Å²) >= 11 is 0. The second-order valence-electron chi connectivity index (χ2n) is 6.81. The van der Waals surface area contributed by atoms with Gasteiger partial charge < -0.3 is 15.3 Å². The maximum atomic E-state index is 9.42. The van der Waals surface area contributed by atoms with Crippen LogP contribution in [0.3, 0.4) is 0 Å². The number of hydrogen-bond acceptors (Lipinski definition) is 3. The van der Waals surface area contributed by atoms with Gasteiger partial charge in [-0.05, 0) is 64.5 Å². The van der Waals surface area contributed by atoms with Gasteiger partial charge in [0.1, 0.15) is 0 Å². The van der Waals surface area contributed by atoms with Gasteiger partial charge in [-0.1, -0.05) is 20.3 Å². The van der Waals surface area contributed by atoms with Crippen molar-refractivity contribution in [2.24, 2.45) is 11.8 Å². The highest BCUT2D eigenvalue weighted by Gasteiger charge is 2.29. The van der Waals surface area contributed by atoms with Crippen molar-refractivity contribution in [2.45, 2.75) is 71.4 Å². The number of aliphatic hydroxyl groups excluding tert-OH is 1. The molecule has 0 aliphatic heterocycles. The lowest BCUT2D eigenvalue weighted by Crippen LogP contribution is -2.45. The molecule has 1 rings (SSSR count). The normalized spacial score (nSPS) is 28.8. The maximum Gasteiger partial charge on any atom is 0.0524 e. The third-order valence-corrected chi connectivity index (χ3v) is 4.80. The molecule has 0 radical (unpaired) electrons. The van der Waals surface area contributed by atoms with E-state index in [1.165, 1.54) is 38.6 Å². The molecule has 3 nitrogen and oxygen atoms in total. The van der Waals surface area contributed by atoms with Gasteiger partial charge in [0.2, 0.25) is 0 Å². The fourth-order valence-corrected chi connectivity index (χ4v) is 3.43. The molecule has 1 aliphatic rings. The number of rotatable bonds is 9. The summed E-state index contributed by atoms with van der Waals surface area (Å²) < 4.78 is 0. The lowest BCUT2D eigenvalue weighted by molar-refractivity contribution is 0.130. The van der Waals surface area contributed by atoms with E-state index in [1.807, 2.05) is 6.92 Å². The topological polar surface area (TPSA) is 35.5 Å². The van der Waals surface area contributed by atoms with E-state index in [-0.39, 0.29) is 6.10 Å². The van der Waals surface area contributed by atoms with E-state index >= 15 is 0 Å². The van der Waals surface area contributed by atoms with Crippen molar-refractivity contribution >= 4 is 0 Å². The Morgan fingerprint density at radius 3 is 2.65 bits per heavy atom. The molecule has 0 heterocycles. The quantitative estimate of drug-likeness (QED) is 0.683. The summed E-state index contributed by atoms with van der Waals surface area (Å²) in [4.78, 5) is 2.41. The van der Waals surface area contributed by atoms with Crippen LogP contribution in [0.2, 0.25) is 0 Å². The highest BCUT2D eigenvalue weighted by Crippen LogP contribution is 2.31. The van der Waals surface area contributed by atoms with Crippen LogP contribution in [0.25, 0.3) is 0 Å². The zero-order valence-electron chi connectivity index (χ0n) is 14.1. The molecule has 4 unspecified atom stereocenters. The van der Waals surface area contributed by atoms with Gasteiger partial charge in [-0.15, -0.1) is 0 Å². The third-order valence-electron chi connectivity index (χ3n) is 4.80. The average molecular weight is 284 g/mol. The van der Waals surface area contributed by atoms with E-state index in [2.05, 4.69) is 31.1 Å². The lowest BCUT2D eigenvalue weighted by atomic mass is 9.76. The summed E-state index contributed by atoms with van der Waals surface area (Å²) in [6.45, 7) is 9.78. The molecule has 1 saturated carbocycles. The highest BCUT2D eigenvalue weighted by molar-refractivity contribution is 4.86. The van der Waals surface area contributed by atoms with Crippen LogP contribution in [0, 0.1) is 11.8 Å². The Balaban J connectivity index is 2.45. The molecule has 0 spiro atoms. The summed E-state index contributed by atoms with van der Waals surface area (Å²) in [7, 11) is 2.20. The van der Waals surface area contributed by atoms with Crippen molar-refractivity contribution in [3.05, 3.63) is 0 Å². The van der Waals surface area contributed by atoms with E-state index in [0.717, 1.165) is 31.3 Å². The highest BCUT2D eigenvalue weighted by atomic mass is 16.3. The minimum atomic E-state index is -0.179.